The fraction of sp³-hybridized carbons (Fsp3) is 0.800. The minimum atomic E-state index is -3.17. The Kier molecular flexibility index (Phi) is 12.2. The Balaban J connectivity index is -0.000000605. The van der Waals surface area contributed by atoms with E-state index >= 15 is 0 Å². The van der Waals surface area contributed by atoms with Crippen LogP contribution in [0.4, 0.5) is 0 Å². The highest BCUT2D eigenvalue weighted by Crippen LogP contribution is 2.33. The van der Waals surface area contributed by atoms with Crippen molar-refractivity contribution in [1.82, 2.24) is 6.15 Å². The summed E-state index contributed by atoms with van der Waals surface area (Å²) in [6.45, 7) is 1.32. The molecule has 0 saturated carbocycles. The lowest BCUT2D eigenvalue weighted by Gasteiger charge is -1.93. The van der Waals surface area contributed by atoms with Crippen molar-refractivity contribution in [2.45, 2.75) is 14.4 Å². The SMILES string of the molecule is C.C[C@@H](C[P+](=O)OP(=O)=O)C(=O)O.N. The van der Waals surface area contributed by atoms with Gasteiger partial charge in [0.15, 0.2) is 6.16 Å². The van der Waals surface area contributed by atoms with Gasteiger partial charge in [-0.05, 0) is 15.8 Å². The maximum atomic E-state index is 10.6. The molecule has 0 fully saturated rings. The van der Waals surface area contributed by atoms with E-state index in [0.717, 1.165) is 0 Å². The quantitative estimate of drug-likeness (QED) is 0.711. The average molecular weight is 246 g/mol. The summed E-state index contributed by atoms with van der Waals surface area (Å²) in [7, 11) is -5.59. The van der Waals surface area contributed by atoms with Crippen LogP contribution in [-0.4, -0.2) is 17.2 Å². The first kappa shape index (κ1) is 19.0. The summed E-state index contributed by atoms with van der Waals surface area (Å²) in [5.41, 5.74) is 0. The van der Waals surface area contributed by atoms with Gasteiger partial charge in [-0.25, -0.2) is 0 Å². The van der Waals surface area contributed by atoms with Crippen molar-refractivity contribution in [1.29, 1.82) is 0 Å². The number of carbonyl (C=O) groups is 1. The van der Waals surface area contributed by atoms with Crippen LogP contribution in [-0.2, 0) is 22.8 Å². The Morgan fingerprint density at radius 2 is 2.00 bits per heavy atom. The Hall–Kier alpha value is -0.610. The van der Waals surface area contributed by atoms with Crippen LogP contribution in [0.15, 0.2) is 0 Å². The van der Waals surface area contributed by atoms with Crippen molar-refractivity contribution < 1.29 is 27.9 Å². The van der Waals surface area contributed by atoms with Crippen molar-refractivity contribution >= 4 is 21.9 Å². The van der Waals surface area contributed by atoms with Crippen LogP contribution < -0.4 is 6.15 Å². The van der Waals surface area contributed by atoms with E-state index in [1.165, 1.54) is 6.92 Å². The van der Waals surface area contributed by atoms with E-state index in [2.05, 4.69) is 4.31 Å². The molecule has 0 aromatic heterocycles. The summed E-state index contributed by atoms with van der Waals surface area (Å²) in [4.78, 5) is 10.2. The number of carboxylic acid groups (broad SMARTS) is 1. The summed E-state index contributed by atoms with van der Waals surface area (Å²) in [5.74, 6) is -2.01. The van der Waals surface area contributed by atoms with Gasteiger partial charge in [0.1, 0.15) is 5.92 Å². The van der Waals surface area contributed by atoms with E-state index in [9.17, 15) is 18.5 Å². The van der Waals surface area contributed by atoms with Crippen LogP contribution in [0, 0.1) is 5.92 Å². The zero-order valence-electron chi connectivity index (χ0n) is 6.87. The molecule has 14 heavy (non-hydrogen) atoms. The fourth-order valence-corrected chi connectivity index (χ4v) is 1.87. The molecule has 4 N–H and O–H groups in total. The topological polar surface area (TPSA) is 133 Å². The van der Waals surface area contributed by atoms with Gasteiger partial charge < -0.3 is 11.3 Å². The van der Waals surface area contributed by atoms with Gasteiger partial charge in [0.2, 0.25) is 0 Å². The second-order valence-electron chi connectivity index (χ2n) is 2.06. The Labute approximate surface area is 83.2 Å². The van der Waals surface area contributed by atoms with E-state index in [1.54, 1.807) is 0 Å². The zero-order chi connectivity index (χ0) is 9.72. The normalized spacial score (nSPS) is 11.6. The summed E-state index contributed by atoms with van der Waals surface area (Å²) >= 11 is 0. The lowest BCUT2D eigenvalue weighted by atomic mass is 10.2. The van der Waals surface area contributed by atoms with Gasteiger partial charge in [0.05, 0.1) is 0 Å². The number of aliphatic carboxylic acids is 1. The van der Waals surface area contributed by atoms with E-state index in [0.29, 0.717) is 0 Å². The highest BCUT2D eigenvalue weighted by Gasteiger charge is 2.28. The fourth-order valence-electron chi connectivity index (χ4n) is 0.409. The largest absolute Gasteiger partial charge is 0.523 e. The number of hydrogen-bond donors (Lipinski definition) is 2. The first-order chi connectivity index (χ1) is 5.43. The van der Waals surface area contributed by atoms with Gasteiger partial charge in [-0.15, -0.1) is 0 Å². The molecule has 7 nitrogen and oxygen atoms in total. The third-order valence-electron chi connectivity index (χ3n) is 1.00. The smallest absolute Gasteiger partial charge is 0.481 e. The van der Waals surface area contributed by atoms with Crippen LogP contribution in [0.2, 0.25) is 0 Å². The van der Waals surface area contributed by atoms with Gasteiger partial charge in [-0.2, -0.15) is 9.13 Å². The Morgan fingerprint density at radius 3 is 2.29 bits per heavy atom. The molecule has 0 aliphatic carbocycles. The monoisotopic (exact) mass is 246 g/mol. The standard InChI is InChI=1S/C4H6O6P2.CH4.H3N/c1-3(4(5)6)2-11(7)10-12(8)9;;/h3H,2H2,1H3;1H4;1H3/p+1/t3-;;/m0../s1. The second kappa shape index (κ2) is 8.97. The molecule has 0 aromatic rings. The highest BCUT2D eigenvalue weighted by molar-refractivity contribution is 7.47. The van der Waals surface area contributed by atoms with Crippen LogP contribution in [0.5, 0.6) is 0 Å². The molecule has 0 aliphatic heterocycles. The van der Waals surface area contributed by atoms with Crippen LogP contribution >= 0.6 is 15.9 Å². The lowest BCUT2D eigenvalue weighted by molar-refractivity contribution is -0.140. The van der Waals surface area contributed by atoms with E-state index in [-0.39, 0.29) is 19.7 Å². The van der Waals surface area contributed by atoms with E-state index in [1.807, 2.05) is 0 Å². The molecule has 0 heterocycles. The van der Waals surface area contributed by atoms with Gasteiger partial charge in [0, 0.05) is 0 Å². The molecule has 0 saturated heterocycles. The maximum Gasteiger partial charge on any atom is 0.523 e. The zero-order valence-corrected chi connectivity index (χ0v) is 8.66. The van der Waals surface area contributed by atoms with Crippen LogP contribution in [0.3, 0.4) is 0 Å². The highest BCUT2D eigenvalue weighted by atomic mass is 31.2. The van der Waals surface area contributed by atoms with E-state index in [4.69, 9.17) is 5.11 Å². The summed E-state index contributed by atoms with van der Waals surface area (Å²) in [6.07, 6.45) is -0.298. The Bertz CT molecular complexity index is 255. The predicted molar refractivity (Wildman–Crippen MR) is 50.4 cm³/mol. The molecule has 0 radical (unpaired) electrons. The Morgan fingerprint density at radius 1 is 1.57 bits per heavy atom. The predicted octanol–water partition coefficient (Wildman–Crippen LogP) is 2.35. The second-order valence-corrected chi connectivity index (χ2v) is 4.19. The maximum absolute atomic E-state index is 10.6. The molecule has 0 rings (SSSR count). The van der Waals surface area contributed by atoms with Crippen molar-refractivity contribution in [2.75, 3.05) is 6.16 Å². The van der Waals surface area contributed by atoms with Gasteiger partial charge >= 0.3 is 21.9 Å². The van der Waals surface area contributed by atoms with Crippen molar-refractivity contribution in [3.63, 3.8) is 0 Å². The minimum Gasteiger partial charge on any atom is -0.481 e. The first-order valence-corrected chi connectivity index (χ1v) is 5.39. The van der Waals surface area contributed by atoms with E-state index < -0.39 is 27.8 Å². The number of rotatable bonds is 5. The summed E-state index contributed by atoms with van der Waals surface area (Å²) < 4.78 is 34.2. The molecule has 9 heteroatoms. The van der Waals surface area contributed by atoms with Crippen LogP contribution in [0.25, 0.3) is 0 Å². The first-order valence-electron chi connectivity index (χ1n) is 2.93. The molecule has 0 aliphatic rings. The molecule has 2 atom stereocenters. The molecule has 84 valence electrons. The third kappa shape index (κ3) is 9.48. The molecule has 1 unspecified atom stereocenters. The van der Waals surface area contributed by atoms with Crippen molar-refractivity contribution in [3.05, 3.63) is 0 Å². The minimum absolute atomic E-state index is 0. The molecular formula is C5H14NO6P2+. The molecular weight excluding hydrogens is 232 g/mol. The van der Waals surface area contributed by atoms with Crippen molar-refractivity contribution in [3.8, 4) is 0 Å². The number of hydrogen-bond acceptors (Lipinski definition) is 6. The van der Waals surface area contributed by atoms with Crippen LogP contribution in [0.1, 0.15) is 14.4 Å². The van der Waals surface area contributed by atoms with Gasteiger partial charge in [-0.3, -0.25) is 4.79 Å². The van der Waals surface area contributed by atoms with Gasteiger partial charge in [-0.1, -0.05) is 7.43 Å². The molecule has 0 spiro atoms. The summed E-state index contributed by atoms with van der Waals surface area (Å²) in [5, 5.41) is 8.33. The van der Waals surface area contributed by atoms with Gasteiger partial charge in [0.25, 0.3) is 0 Å². The lowest BCUT2D eigenvalue weighted by Crippen LogP contribution is -2.11. The van der Waals surface area contributed by atoms with Crippen molar-refractivity contribution in [2.24, 2.45) is 5.92 Å². The number of carboxylic acids is 1. The molecule has 0 aromatic carbocycles. The third-order valence-corrected chi connectivity index (χ3v) is 3.11. The molecule has 0 amide bonds. The average Bonchev–Trinajstić information content (AvgIpc) is 1.84. The molecule has 0 bridgehead atoms. The summed E-state index contributed by atoms with van der Waals surface area (Å²) in [6, 6.07) is 0.